The molecule has 2 aliphatic rings. The average Bonchev–Trinajstić information content (AvgIpc) is 3.19. The molecule has 1 saturated heterocycles. The van der Waals surface area contributed by atoms with Crippen molar-refractivity contribution in [3.8, 4) is 0 Å². The Bertz CT molecular complexity index is 1500. The fourth-order valence-corrected chi connectivity index (χ4v) is 5.51. The van der Waals surface area contributed by atoms with Crippen LogP contribution in [0.2, 0.25) is 5.02 Å². The van der Waals surface area contributed by atoms with Crippen LogP contribution in [0.3, 0.4) is 0 Å². The summed E-state index contributed by atoms with van der Waals surface area (Å²) < 4.78 is 124. The topological polar surface area (TPSA) is 85.3 Å². The van der Waals surface area contributed by atoms with E-state index in [4.69, 9.17) is 16.3 Å². The van der Waals surface area contributed by atoms with Gasteiger partial charge in [0.2, 0.25) is 12.0 Å². The number of carbonyl (C=O) groups excluding carboxylic acids is 1. The molecule has 7 nitrogen and oxygen atoms in total. The van der Waals surface area contributed by atoms with Gasteiger partial charge in [-0.05, 0) is 41.3 Å². The second-order valence-electron chi connectivity index (χ2n) is 9.75. The maximum atomic E-state index is 14.5. The highest BCUT2D eigenvalue weighted by molar-refractivity contribution is 7.91. The zero-order chi connectivity index (χ0) is 30.5. The van der Waals surface area contributed by atoms with Crippen molar-refractivity contribution in [1.82, 2.24) is 4.90 Å². The van der Waals surface area contributed by atoms with E-state index in [1.807, 2.05) is 0 Å². The number of alkyl halides is 6. The van der Waals surface area contributed by atoms with Crippen molar-refractivity contribution in [2.45, 2.75) is 44.0 Å². The third kappa shape index (κ3) is 6.46. The number of fused-ring (bicyclic) bond motifs is 2. The van der Waals surface area contributed by atoms with E-state index in [-0.39, 0.29) is 44.0 Å². The van der Waals surface area contributed by atoms with Crippen molar-refractivity contribution >= 4 is 33.1 Å². The summed E-state index contributed by atoms with van der Waals surface area (Å²) in [6.07, 6.45) is -12.6. The molecule has 2 aliphatic heterocycles. The smallest absolute Gasteiger partial charge is 0.377 e. The standard InChI is InChI=1S/C25H22ClF7N2O5S/c1-3-19(34-40-22(25(31,32)33)16-7-15(24(28,29)30)8-18(26)21(16)27)13-4-5-17-14(6-13)9-39-23(17)11-35(12-23)20(36)10-41(2,37)38/h4-8,22H,3,9-12H2,1-2H3/b34-19+. The van der Waals surface area contributed by atoms with Gasteiger partial charge in [0.05, 0.1) is 36.0 Å². The SMILES string of the molecule is CC/C(=N\OC(c1cc(C(F)(F)F)cc(Cl)c1F)C(F)(F)F)c1ccc2c(c1)COC21CN(C(=O)CS(C)(=O)=O)C1. The van der Waals surface area contributed by atoms with E-state index < -0.39 is 67.5 Å². The number of hydrogen-bond acceptors (Lipinski definition) is 6. The van der Waals surface area contributed by atoms with Gasteiger partial charge in [-0.25, -0.2) is 12.8 Å². The molecule has 0 N–H and O–H groups in total. The summed E-state index contributed by atoms with van der Waals surface area (Å²) >= 11 is 5.46. The van der Waals surface area contributed by atoms with E-state index in [0.717, 1.165) is 6.26 Å². The molecule has 2 aromatic rings. The van der Waals surface area contributed by atoms with Crippen molar-refractivity contribution in [2.24, 2.45) is 5.16 Å². The number of nitrogens with zero attached hydrogens (tertiary/aromatic N) is 2. The van der Waals surface area contributed by atoms with E-state index in [1.54, 1.807) is 19.1 Å². The average molecular weight is 631 g/mol. The number of benzene rings is 2. The first kappa shape index (κ1) is 31.0. The van der Waals surface area contributed by atoms with Crippen molar-refractivity contribution in [3.63, 3.8) is 0 Å². The molecule has 1 unspecified atom stereocenters. The van der Waals surface area contributed by atoms with Gasteiger partial charge in [-0.2, -0.15) is 26.3 Å². The Kier molecular flexibility index (Phi) is 8.12. The summed E-state index contributed by atoms with van der Waals surface area (Å²) in [6, 6.07) is 4.90. The molecule has 0 aliphatic carbocycles. The van der Waals surface area contributed by atoms with E-state index in [0.29, 0.717) is 16.7 Å². The van der Waals surface area contributed by atoms with E-state index in [2.05, 4.69) is 9.99 Å². The first-order valence-corrected chi connectivity index (χ1v) is 14.4. The Morgan fingerprint density at radius 1 is 1.17 bits per heavy atom. The molecular weight excluding hydrogens is 609 g/mol. The van der Waals surface area contributed by atoms with Gasteiger partial charge in [-0.15, -0.1) is 0 Å². The highest BCUT2D eigenvalue weighted by Gasteiger charge is 2.52. The number of hydrogen-bond donors (Lipinski definition) is 0. The zero-order valence-electron chi connectivity index (χ0n) is 21.4. The molecule has 0 bridgehead atoms. The maximum Gasteiger partial charge on any atom is 0.432 e. The van der Waals surface area contributed by atoms with Gasteiger partial charge < -0.3 is 14.5 Å². The predicted molar refractivity (Wildman–Crippen MR) is 132 cm³/mol. The summed E-state index contributed by atoms with van der Waals surface area (Å²) in [5.74, 6) is -2.93. The van der Waals surface area contributed by atoms with Crippen molar-refractivity contribution in [2.75, 3.05) is 25.1 Å². The quantitative estimate of drug-likeness (QED) is 0.228. The second kappa shape index (κ2) is 10.7. The molecule has 16 heteroatoms. The van der Waals surface area contributed by atoms with Gasteiger partial charge in [0.25, 0.3) is 0 Å². The van der Waals surface area contributed by atoms with Crippen LogP contribution in [0.15, 0.2) is 35.5 Å². The molecule has 2 heterocycles. The van der Waals surface area contributed by atoms with Crippen LogP contribution in [0.4, 0.5) is 30.7 Å². The zero-order valence-corrected chi connectivity index (χ0v) is 22.9. The maximum absolute atomic E-state index is 14.5. The van der Waals surface area contributed by atoms with Gasteiger partial charge in [0.1, 0.15) is 17.2 Å². The summed E-state index contributed by atoms with van der Waals surface area (Å²) in [6.45, 7) is 1.87. The van der Waals surface area contributed by atoms with Crippen LogP contribution in [-0.2, 0) is 42.6 Å². The van der Waals surface area contributed by atoms with Crippen molar-refractivity contribution in [3.05, 3.63) is 69.0 Å². The second-order valence-corrected chi connectivity index (χ2v) is 12.3. The molecule has 1 atom stereocenters. The highest BCUT2D eigenvalue weighted by Crippen LogP contribution is 2.45. The van der Waals surface area contributed by atoms with Crippen molar-refractivity contribution in [1.29, 1.82) is 0 Å². The molecule has 224 valence electrons. The van der Waals surface area contributed by atoms with E-state index in [9.17, 15) is 43.9 Å². The van der Waals surface area contributed by atoms with E-state index in [1.165, 1.54) is 11.0 Å². The van der Waals surface area contributed by atoms with Crippen LogP contribution in [0, 0.1) is 5.82 Å². The van der Waals surface area contributed by atoms with Gasteiger partial charge in [0, 0.05) is 11.8 Å². The third-order valence-corrected chi connectivity index (χ3v) is 7.68. The molecule has 1 spiro atoms. The van der Waals surface area contributed by atoms with Crippen LogP contribution < -0.4 is 0 Å². The summed E-state index contributed by atoms with van der Waals surface area (Å²) in [4.78, 5) is 18.2. The molecular formula is C25H22ClF7N2O5S. The lowest BCUT2D eigenvalue weighted by Gasteiger charge is -2.47. The Hall–Kier alpha value is -2.91. The predicted octanol–water partition coefficient (Wildman–Crippen LogP) is 5.54. The number of amides is 1. The van der Waals surface area contributed by atoms with Gasteiger partial charge in [-0.1, -0.05) is 35.8 Å². The molecule has 1 fully saturated rings. The van der Waals surface area contributed by atoms with Crippen LogP contribution in [0.25, 0.3) is 0 Å². The number of sulfone groups is 1. The van der Waals surface area contributed by atoms with Crippen LogP contribution >= 0.6 is 11.6 Å². The van der Waals surface area contributed by atoms with Gasteiger partial charge >= 0.3 is 12.4 Å². The molecule has 1 amide bonds. The Morgan fingerprint density at radius 3 is 2.39 bits per heavy atom. The van der Waals surface area contributed by atoms with Gasteiger partial charge in [-0.3, -0.25) is 4.79 Å². The number of oxime groups is 1. The number of rotatable bonds is 7. The minimum absolute atomic E-state index is 0.0138. The Balaban J connectivity index is 1.58. The van der Waals surface area contributed by atoms with Gasteiger partial charge in [0.15, 0.2) is 9.84 Å². The normalized spacial score (nSPS) is 17.8. The molecule has 0 radical (unpaired) electrons. The Morgan fingerprint density at radius 2 is 1.83 bits per heavy atom. The summed E-state index contributed by atoms with van der Waals surface area (Å²) in [5, 5.41) is 2.38. The number of halogens is 8. The summed E-state index contributed by atoms with van der Waals surface area (Å²) in [5.41, 5.74) is -2.27. The fraction of sp³-hybridized carbons (Fsp3) is 0.440. The fourth-order valence-electron chi connectivity index (χ4n) is 4.65. The minimum Gasteiger partial charge on any atom is -0.377 e. The lowest BCUT2D eigenvalue weighted by Crippen LogP contribution is -2.62. The lowest BCUT2D eigenvalue weighted by atomic mass is 9.84. The van der Waals surface area contributed by atoms with E-state index >= 15 is 0 Å². The number of carbonyl (C=O) groups is 1. The molecule has 0 saturated carbocycles. The van der Waals surface area contributed by atoms with Crippen LogP contribution in [0.1, 0.15) is 47.3 Å². The molecule has 0 aromatic heterocycles. The van der Waals surface area contributed by atoms with Crippen molar-refractivity contribution < 1.29 is 53.5 Å². The highest BCUT2D eigenvalue weighted by atomic mass is 35.5. The number of ether oxygens (including phenoxy) is 1. The first-order valence-electron chi connectivity index (χ1n) is 11.9. The monoisotopic (exact) mass is 630 g/mol. The van der Waals surface area contributed by atoms with Crippen LogP contribution in [0.5, 0.6) is 0 Å². The lowest BCUT2D eigenvalue weighted by molar-refractivity contribution is -0.225. The summed E-state index contributed by atoms with van der Waals surface area (Å²) in [7, 11) is -3.52. The molecule has 4 rings (SSSR count). The molecule has 2 aromatic carbocycles. The minimum atomic E-state index is -5.35. The number of likely N-dealkylation sites (tertiary alicyclic amines) is 1. The Labute approximate surface area is 234 Å². The first-order chi connectivity index (χ1) is 18.8. The molecule has 41 heavy (non-hydrogen) atoms. The van der Waals surface area contributed by atoms with Crippen LogP contribution in [-0.4, -0.2) is 56.2 Å². The third-order valence-electron chi connectivity index (χ3n) is 6.63. The largest absolute Gasteiger partial charge is 0.432 e.